The Labute approximate surface area is 200 Å². The molecule has 1 spiro atoms. The number of anilines is 2. The topological polar surface area (TPSA) is 12.0 Å². The van der Waals surface area contributed by atoms with Crippen LogP contribution in [0.1, 0.15) is 22.3 Å². The van der Waals surface area contributed by atoms with Gasteiger partial charge in [0.1, 0.15) is 0 Å². The Morgan fingerprint density at radius 2 is 1.21 bits per heavy atom. The quantitative estimate of drug-likeness (QED) is 0.170. The predicted octanol–water partition coefficient (Wildman–Crippen LogP) is 8.24. The fourth-order valence-electron chi connectivity index (χ4n) is 5.03. The minimum atomic E-state index is -0.351. The van der Waals surface area contributed by atoms with E-state index in [1.165, 1.54) is 37.0 Å². The van der Waals surface area contributed by atoms with Crippen LogP contribution in [-0.2, 0) is 5.41 Å². The highest BCUT2D eigenvalue weighted by Gasteiger charge is 2.50. The maximum absolute atomic E-state index is 3.80. The van der Waals surface area contributed by atoms with E-state index in [0.717, 1.165) is 20.3 Å². The molecule has 4 heteroatoms. The van der Waals surface area contributed by atoms with Crippen molar-refractivity contribution in [1.82, 2.24) is 0 Å². The first-order valence-corrected chi connectivity index (χ1v) is 12.0. The van der Waals surface area contributed by atoms with Gasteiger partial charge in [0.2, 0.25) is 0 Å². The molecule has 0 saturated carbocycles. The molecule has 0 aromatic heterocycles. The lowest BCUT2D eigenvalue weighted by molar-refractivity contribution is 0.761. The first-order valence-electron chi connectivity index (χ1n) is 9.37. The molecule has 4 aromatic rings. The molecule has 2 aliphatic rings. The summed E-state index contributed by atoms with van der Waals surface area (Å²) in [6.07, 6.45) is 0. The van der Waals surface area contributed by atoms with Crippen molar-refractivity contribution in [3.05, 3.63) is 114 Å². The number of benzene rings is 4. The van der Waals surface area contributed by atoms with E-state index < -0.39 is 0 Å². The molecule has 140 valence electrons. The van der Waals surface area contributed by atoms with E-state index in [9.17, 15) is 0 Å². The number of halogens is 3. The van der Waals surface area contributed by atoms with Crippen molar-refractivity contribution in [3.8, 4) is 11.1 Å². The monoisotopic (exact) mass is 613 g/mol. The summed E-state index contributed by atoms with van der Waals surface area (Å²) in [6, 6.07) is 28.7. The van der Waals surface area contributed by atoms with Crippen molar-refractivity contribution in [2.45, 2.75) is 5.41 Å². The number of para-hydroxylation sites is 2. The van der Waals surface area contributed by atoms with Crippen molar-refractivity contribution >= 4 is 65.8 Å². The second kappa shape index (κ2) is 6.43. The molecule has 1 heterocycles. The summed E-state index contributed by atoms with van der Waals surface area (Å²) in [4.78, 5) is 0. The first kappa shape index (κ1) is 18.2. The summed E-state index contributed by atoms with van der Waals surface area (Å²) in [7, 11) is 0. The molecule has 4 aromatic carbocycles. The zero-order valence-corrected chi connectivity index (χ0v) is 20.5. The van der Waals surface area contributed by atoms with Crippen LogP contribution in [-0.4, -0.2) is 0 Å². The summed E-state index contributed by atoms with van der Waals surface area (Å²) in [5.41, 5.74) is 9.81. The Hall–Kier alpha value is -1.63. The zero-order chi connectivity index (χ0) is 19.8. The van der Waals surface area contributed by atoms with Gasteiger partial charge in [0, 0.05) is 12.5 Å². The van der Waals surface area contributed by atoms with E-state index in [2.05, 4.69) is 139 Å². The number of rotatable bonds is 0. The van der Waals surface area contributed by atoms with Gasteiger partial charge in [0.25, 0.3) is 0 Å². The van der Waals surface area contributed by atoms with Crippen molar-refractivity contribution < 1.29 is 0 Å². The van der Waals surface area contributed by atoms with Gasteiger partial charge in [-0.05, 0) is 112 Å². The third kappa shape index (κ3) is 2.31. The highest BCUT2D eigenvalue weighted by atomic mass is 127. The maximum atomic E-state index is 3.80. The summed E-state index contributed by atoms with van der Waals surface area (Å²) < 4.78 is 3.40. The van der Waals surface area contributed by atoms with E-state index >= 15 is 0 Å². The van der Waals surface area contributed by atoms with E-state index in [0.29, 0.717) is 0 Å². The van der Waals surface area contributed by atoms with Gasteiger partial charge < -0.3 is 5.32 Å². The van der Waals surface area contributed by atoms with E-state index in [1.54, 1.807) is 0 Å². The van der Waals surface area contributed by atoms with E-state index in [4.69, 9.17) is 0 Å². The van der Waals surface area contributed by atoms with E-state index in [-0.39, 0.29) is 5.41 Å². The number of hydrogen-bond acceptors (Lipinski definition) is 1. The molecule has 0 amide bonds. The van der Waals surface area contributed by atoms with Crippen LogP contribution in [0.25, 0.3) is 11.1 Å². The van der Waals surface area contributed by atoms with Gasteiger partial charge in [0.05, 0.1) is 16.8 Å². The molecule has 0 atom stereocenters. The van der Waals surface area contributed by atoms with Crippen molar-refractivity contribution in [2.75, 3.05) is 5.32 Å². The smallest absolute Gasteiger partial charge is 0.0755 e. The van der Waals surface area contributed by atoms with Crippen LogP contribution in [0.2, 0.25) is 0 Å². The Bertz CT molecular complexity index is 1280. The fraction of sp³-hybridized carbons (Fsp3) is 0.0400. The number of hydrogen-bond donors (Lipinski definition) is 1. The second-order valence-corrected chi connectivity index (χ2v) is 10.4. The highest BCUT2D eigenvalue weighted by Crippen LogP contribution is 2.62. The molecule has 0 fully saturated rings. The minimum Gasteiger partial charge on any atom is -0.353 e. The van der Waals surface area contributed by atoms with Crippen LogP contribution >= 0.6 is 54.5 Å². The summed E-state index contributed by atoms with van der Waals surface area (Å²) >= 11 is 10.0. The zero-order valence-electron chi connectivity index (χ0n) is 15.1. The van der Waals surface area contributed by atoms with Crippen LogP contribution in [0.5, 0.6) is 0 Å². The molecule has 1 aliphatic carbocycles. The maximum Gasteiger partial charge on any atom is 0.0755 e. The van der Waals surface area contributed by atoms with Crippen LogP contribution in [0, 0.1) is 3.57 Å². The Morgan fingerprint density at radius 3 is 1.90 bits per heavy atom. The Morgan fingerprint density at radius 1 is 0.621 bits per heavy atom. The fourth-order valence-corrected chi connectivity index (χ4v) is 6.45. The van der Waals surface area contributed by atoms with Gasteiger partial charge in [-0.3, -0.25) is 0 Å². The third-order valence-corrected chi connectivity index (χ3v) is 8.08. The molecular formula is C25H14Br2IN. The third-order valence-electron chi connectivity index (χ3n) is 6.09. The molecule has 1 aliphatic heterocycles. The molecule has 6 rings (SSSR count). The Kier molecular flexibility index (Phi) is 4.03. The van der Waals surface area contributed by atoms with E-state index in [1.807, 2.05) is 0 Å². The summed E-state index contributed by atoms with van der Waals surface area (Å²) in [5.74, 6) is 0. The lowest BCUT2D eigenvalue weighted by atomic mass is 9.65. The van der Waals surface area contributed by atoms with Gasteiger partial charge in [-0.15, -0.1) is 0 Å². The van der Waals surface area contributed by atoms with Crippen molar-refractivity contribution in [1.29, 1.82) is 0 Å². The van der Waals surface area contributed by atoms with Crippen LogP contribution in [0.3, 0.4) is 0 Å². The number of nitrogens with one attached hydrogen (secondary N) is 1. The minimum absolute atomic E-state index is 0.351. The van der Waals surface area contributed by atoms with Gasteiger partial charge in [-0.2, -0.15) is 0 Å². The average Bonchev–Trinajstić information content (AvgIpc) is 3.00. The summed E-state index contributed by atoms with van der Waals surface area (Å²) in [6.45, 7) is 0. The Balaban J connectivity index is 1.88. The molecule has 0 saturated heterocycles. The normalized spacial score (nSPS) is 14.6. The van der Waals surface area contributed by atoms with Gasteiger partial charge in [-0.25, -0.2) is 0 Å². The first-order chi connectivity index (χ1) is 14.1. The standard InChI is InChI=1S/C25H14Br2IN/c26-21-9-3-7-18-23(21)29-24-19(8-4-10-22(24)27)25(18)17-6-2-1-5-15(17)16-12-11-14(28)13-20(16)25/h1-13,29H. The second-order valence-electron chi connectivity index (χ2n) is 7.44. The summed E-state index contributed by atoms with van der Waals surface area (Å²) in [5, 5.41) is 3.71. The molecule has 0 bridgehead atoms. The molecule has 1 nitrogen and oxygen atoms in total. The van der Waals surface area contributed by atoms with Gasteiger partial charge in [-0.1, -0.05) is 54.6 Å². The van der Waals surface area contributed by atoms with Gasteiger partial charge >= 0.3 is 0 Å². The molecule has 0 radical (unpaired) electrons. The van der Waals surface area contributed by atoms with Crippen molar-refractivity contribution in [2.24, 2.45) is 0 Å². The predicted molar refractivity (Wildman–Crippen MR) is 135 cm³/mol. The lowest BCUT2D eigenvalue weighted by Gasteiger charge is -2.41. The average molecular weight is 615 g/mol. The van der Waals surface area contributed by atoms with Gasteiger partial charge in [0.15, 0.2) is 0 Å². The van der Waals surface area contributed by atoms with Crippen LogP contribution < -0.4 is 5.32 Å². The van der Waals surface area contributed by atoms with Crippen molar-refractivity contribution in [3.63, 3.8) is 0 Å². The molecular weight excluding hydrogens is 601 g/mol. The van der Waals surface area contributed by atoms with Crippen LogP contribution in [0.15, 0.2) is 87.8 Å². The number of fused-ring (bicyclic) bond motifs is 9. The SMILES string of the molecule is Brc1cccc2c1Nc1c(Br)cccc1C21c2ccccc2-c2ccc(I)cc21. The molecule has 29 heavy (non-hydrogen) atoms. The largest absolute Gasteiger partial charge is 0.353 e. The molecule has 1 N–H and O–H groups in total. The van der Waals surface area contributed by atoms with Crippen LogP contribution in [0.4, 0.5) is 11.4 Å². The highest BCUT2D eigenvalue weighted by molar-refractivity contribution is 14.1. The lowest BCUT2D eigenvalue weighted by Crippen LogP contribution is -2.33. The molecule has 0 unspecified atom stereocenters.